The molecule has 2 aromatic carbocycles. The first-order valence-corrected chi connectivity index (χ1v) is 12.0. The highest BCUT2D eigenvalue weighted by atomic mass is 35.5. The van der Waals surface area contributed by atoms with Crippen molar-refractivity contribution in [3.8, 4) is 5.75 Å². The first-order valence-electron chi connectivity index (χ1n) is 10.2. The van der Waals surface area contributed by atoms with Crippen LogP contribution in [-0.2, 0) is 11.3 Å². The van der Waals surface area contributed by atoms with Crippen LogP contribution in [0, 0.1) is 0 Å². The molecule has 9 nitrogen and oxygen atoms in total. The number of halogens is 2. The van der Waals surface area contributed by atoms with Crippen molar-refractivity contribution in [1.29, 1.82) is 0 Å². The first kappa shape index (κ1) is 25.8. The van der Waals surface area contributed by atoms with Gasteiger partial charge in [0.2, 0.25) is 5.91 Å². The number of nitrogens with zero attached hydrogens (tertiary/aromatic N) is 3. The van der Waals surface area contributed by atoms with Crippen LogP contribution in [0.3, 0.4) is 0 Å². The normalized spacial score (nSPS) is 11.7. The Bertz CT molecular complexity index is 1140. The van der Waals surface area contributed by atoms with Crippen molar-refractivity contribution < 1.29 is 19.4 Å². The highest BCUT2D eigenvalue weighted by molar-refractivity contribution is 7.99. The van der Waals surface area contributed by atoms with E-state index in [4.69, 9.17) is 27.9 Å². The molecule has 1 aromatic heterocycles. The highest BCUT2D eigenvalue weighted by Gasteiger charge is 2.23. The Kier molecular flexibility index (Phi) is 9.17. The SMILES string of the molecule is CCn1c(SCC(=O)Nc2cc(Cl)cc(Cl)c2)nnc1[C@H](CO)NC(=O)c1ccc(OC)cc1. The van der Waals surface area contributed by atoms with Crippen LogP contribution in [0.1, 0.15) is 29.1 Å². The molecule has 0 aliphatic heterocycles. The highest BCUT2D eigenvalue weighted by Crippen LogP contribution is 2.24. The third-order valence-corrected chi connectivity index (χ3v) is 6.10. The zero-order chi connectivity index (χ0) is 24.7. The van der Waals surface area contributed by atoms with Gasteiger partial charge in [-0.2, -0.15) is 0 Å². The summed E-state index contributed by atoms with van der Waals surface area (Å²) in [5.41, 5.74) is 0.900. The second-order valence-corrected chi connectivity index (χ2v) is 8.83. The number of carbonyl (C=O) groups is 2. The summed E-state index contributed by atoms with van der Waals surface area (Å²) in [7, 11) is 1.54. The van der Waals surface area contributed by atoms with E-state index in [1.165, 1.54) is 11.8 Å². The maximum atomic E-state index is 12.6. The van der Waals surface area contributed by atoms with Gasteiger partial charge in [-0.15, -0.1) is 10.2 Å². The number of thioether (sulfide) groups is 1. The number of benzene rings is 2. The van der Waals surface area contributed by atoms with E-state index in [9.17, 15) is 14.7 Å². The Labute approximate surface area is 210 Å². The van der Waals surface area contributed by atoms with Crippen LogP contribution in [0.2, 0.25) is 10.0 Å². The van der Waals surface area contributed by atoms with E-state index < -0.39 is 6.04 Å². The summed E-state index contributed by atoms with van der Waals surface area (Å²) < 4.78 is 6.84. The molecule has 0 saturated carbocycles. The van der Waals surface area contributed by atoms with Gasteiger partial charge in [-0.1, -0.05) is 35.0 Å². The molecule has 0 aliphatic carbocycles. The molecule has 34 heavy (non-hydrogen) atoms. The molecular weight excluding hydrogens is 501 g/mol. The van der Waals surface area contributed by atoms with Gasteiger partial charge in [0, 0.05) is 27.8 Å². The van der Waals surface area contributed by atoms with Crippen molar-refractivity contribution in [1.82, 2.24) is 20.1 Å². The van der Waals surface area contributed by atoms with Crippen molar-refractivity contribution in [3.05, 3.63) is 63.9 Å². The number of ether oxygens (including phenoxy) is 1. The topological polar surface area (TPSA) is 118 Å². The van der Waals surface area contributed by atoms with Crippen LogP contribution in [0.15, 0.2) is 47.6 Å². The summed E-state index contributed by atoms with van der Waals surface area (Å²) in [6.45, 7) is 1.98. The molecule has 0 aliphatic rings. The Morgan fingerprint density at radius 3 is 2.41 bits per heavy atom. The van der Waals surface area contributed by atoms with E-state index in [1.54, 1.807) is 54.1 Å². The fraction of sp³-hybridized carbons (Fsp3) is 0.273. The molecule has 180 valence electrons. The Morgan fingerprint density at radius 2 is 1.82 bits per heavy atom. The largest absolute Gasteiger partial charge is 0.497 e. The number of hydrogen-bond donors (Lipinski definition) is 3. The van der Waals surface area contributed by atoms with E-state index >= 15 is 0 Å². The average molecular weight is 524 g/mol. The monoisotopic (exact) mass is 523 g/mol. The van der Waals surface area contributed by atoms with Crippen LogP contribution >= 0.6 is 35.0 Å². The lowest BCUT2D eigenvalue weighted by Gasteiger charge is -2.17. The van der Waals surface area contributed by atoms with Gasteiger partial charge in [-0.25, -0.2) is 0 Å². The second-order valence-electron chi connectivity index (χ2n) is 7.02. The number of aliphatic hydroxyl groups is 1. The van der Waals surface area contributed by atoms with Crippen molar-refractivity contribution in [3.63, 3.8) is 0 Å². The number of methoxy groups -OCH3 is 1. The molecule has 3 N–H and O–H groups in total. The predicted octanol–water partition coefficient (Wildman–Crippen LogP) is 3.81. The average Bonchev–Trinajstić information content (AvgIpc) is 3.23. The van der Waals surface area contributed by atoms with Crippen LogP contribution in [-0.4, -0.2) is 51.2 Å². The van der Waals surface area contributed by atoms with Crippen LogP contribution in [0.4, 0.5) is 5.69 Å². The lowest BCUT2D eigenvalue weighted by molar-refractivity contribution is -0.113. The maximum Gasteiger partial charge on any atom is 0.251 e. The number of anilines is 1. The molecule has 1 atom stereocenters. The molecule has 0 bridgehead atoms. The lowest BCUT2D eigenvalue weighted by Crippen LogP contribution is -2.32. The fourth-order valence-electron chi connectivity index (χ4n) is 3.09. The van der Waals surface area contributed by atoms with Crippen molar-refractivity contribution >= 4 is 52.5 Å². The third-order valence-electron chi connectivity index (χ3n) is 4.69. The van der Waals surface area contributed by atoms with Gasteiger partial charge < -0.3 is 25.0 Å². The fourth-order valence-corrected chi connectivity index (χ4v) is 4.43. The summed E-state index contributed by atoms with van der Waals surface area (Å²) in [5.74, 6) is 0.425. The van der Waals surface area contributed by atoms with Crippen molar-refractivity contribution in [2.75, 3.05) is 24.8 Å². The molecule has 1 heterocycles. The summed E-state index contributed by atoms with van der Waals surface area (Å²) in [5, 5.41) is 25.0. The Morgan fingerprint density at radius 1 is 1.15 bits per heavy atom. The molecule has 3 aromatic rings. The summed E-state index contributed by atoms with van der Waals surface area (Å²) in [6, 6.07) is 10.6. The minimum absolute atomic E-state index is 0.0598. The third kappa shape index (κ3) is 6.63. The summed E-state index contributed by atoms with van der Waals surface area (Å²) in [4.78, 5) is 25.0. The molecule has 2 amide bonds. The Hall–Kier alpha value is -2.79. The number of hydrogen-bond acceptors (Lipinski definition) is 7. The van der Waals surface area contributed by atoms with Crippen LogP contribution in [0.5, 0.6) is 5.75 Å². The Balaban J connectivity index is 1.66. The number of amides is 2. The minimum Gasteiger partial charge on any atom is -0.497 e. The smallest absolute Gasteiger partial charge is 0.251 e. The number of rotatable bonds is 10. The zero-order valence-electron chi connectivity index (χ0n) is 18.4. The van der Waals surface area contributed by atoms with Gasteiger partial charge in [-0.05, 0) is 49.4 Å². The van der Waals surface area contributed by atoms with E-state index in [0.717, 1.165) is 0 Å². The number of carbonyl (C=O) groups excluding carboxylic acids is 2. The van der Waals surface area contributed by atoms with E-state index in [0.29, 0.717) is 44.6 Å². The number of nitrogens with one attached hydrogen (secondary N) is 2. The van der Waals surface area contributed by atoms with E-state index in [2.05, 4.69) is 20.8 Å². The lowest BCUT2D eigenvalue weighted by atomic mass is 10.2. The van der Waals surface area contributed by atoms with Crippen LogP contribution in [0.25, 0.3) is 0 Å². The maximum absolute atomic E-state index is 12.6. The number of aliphatic hydroxyl groups excluding tert-OH is 1. The molecular formula is C22H23Cl2N5O4S. The van der Waals surface area contributed by atoms with Crippen molar-refractivity contribution in [2.45, 2.75) is 24.7 Å². The summed E-state index contributed by atoms with van der Waals surface area (Å²) >= 11 is 13.1. The quantitative estimate of drug-likeness (QED) is 0.345. The van der Waals surface area contributed by atoms with Gasteiger partial charge in [0.05, 0.1) is 19.5 Å². The number of aromatic nitrogens is 3. The zero-order valence-corrected chi connectivity index (χ0v) is 20.7. The van der Waals surface area contributed by atoms with Gasteiger partial charge >= 0.3 is 0 Å². The van der Waals surface area contributed by atoms with E-state index in [-0.39, 0.29) is 24.2 Å². The van der Waals surface area contributed by atoms with E-state index in [1.807, 2.05) is 6.92 Å². The molecule has 0 fully saturated rings. The summed E-state index contributed by atoms with van der Waals surface area (Å²) in [6.07, 6.45) is 0. The molecule has 3 rings (SSSR count). The molecule has 0 unspecified atom stereocenters. The first-order chi connectivity index (χ1) is 16.3. The molecule has 12 heteroatoms. The van der Waals surface area contributed by atoms with Gasteiger partial charge in [-0.3, -0.25) is 9.59 Å². The van der Waals surface area contributed by atoms with Crippen molar-refractivity contribution in [2.24, 2.45) is 0 Å². The molecule has 0 spiro atoms. The van der Waals surface area contributed by atoms with Gasteiger partial charge in [0.1, 0.15) is 11.8 Å². The second kappa shape index (κ2) is 12.1. The molecule has 0 saturated heterocycles. The van der Waals surface area contributed by atoms with Gasteiger partial charge in [0.15, 0.2) is 11.0 Å². The molecule has 0 radical (unpaired) electrons. The minimum atomic E-state index is -0.779. The predicted molar refractivity (Wildman–Crippen MR) is 132 cm³/mol. The van der Waals surface area contributed by atoms with Crippen LogP contribution < -0.4 is 15.4 Å². The van der Waals surface area contributed by atoms with Gasteiger partial charge in [0.25, 0.3) is 5.91 Å². The standard InChI is InChI=1S/C22H23Cl2N5O4S/c1-3-29-20(18(11-30)26-21(32)13-4-6-17(33-2)7-5-13)27-28-22(29)34-12-19(31)25-16-9-14(23)8-15(24)10-16/h4-10,18,30H,3,11-12H2,1-2H3,(H,25,31)(H,26,32)/t18-/m0/s1.